The van der Waals surface area contributed by atoms with Gasteiger partial charge in [-0.3, -0.25) is 4.79 Å². The average molecular weight is 371 g/mol. The van der Waals surface area contributed by atoms with Crippen molar-refractivity contribution in [2.75, 3.05) is 10.6 Å². The van der Waals surface area contributed by atoms with Crippen LogP contribution in [0.15, 0.2) is 48.5 Å². The Hall–Kier alpha value is -2.99. The van der Waals surface area contributed by atoms with Gasteiger partial charge in [0.1, 0.15) is 23.2 Å². The molecule has 2 aromatic carbocycles. The van der Waals surface area contributed by atoms with Crippen molar-refractivity contribution >= 4 is 34.7 Å². The van der Waals surface area contributed by atoms with Crippen molar-refractivity contribution < 1.29 is 9.18 Å². The van der Waals surface area contributed by atoms with Crippen LogP contribution < -0.4 is 10.6 Å². The van der Waals surface area contributed by atoms with Crippen LogP contribution in [0.3, 0.4) is 0 Å². The number of aryl methyl sites for hydroxylation is 2. The summed E-state index contributed by atoms with van der Waals surface area (Å²) in [6.45, 7) is 3.69. The number of nitrogens with zero attached hydrogens (tertiary/aromatic N) is 2. The largest absolute Gasteiger partial charge is 0.340 e. The Balaban J connectivity index is 1.82. The van der Waals surface area contributed by atoms with Gasteiger partial charge in [-0.15, -0.1) is 0 Å². The maximum atomic E-state index is 13.2. The molecule has 3 aromatic rings. The fourth-order valence-corrected chi connectivity index (χ4v) is 2.57. The Kier molecular flexibility index (Phi) is 5.14. The van der Waals surface area contributed by atoms with Gasteiger partial charge in [0.25, 0.3) is 5.91 Å². The smallest absolute Gasteiger partial charge is 0.274 e. The third kappa shape index (κ3) is 4.34. The van der Waals surface area contributed by atoms with Gasteiger partial charge in [-0.2, -0.15) is 0 Å². The Morgan fingerprint density at radius 1 is 1.04 bits per heavy atom. The Bertz CT molecular complexity index is 978. The van der Waals surface area contributed by atoms with Gasteiger partial charge >= 0.3 is 0 Å². The van der Waals surface area contributed by atoms with E-state index in [4.69, 9.17) is 11.6 Å². The van der Waals surface area contributed by atoms with E-state index in [2.05, 4.69) is 20.6 Å². The van der Waals surface area contributed by atoms with Crippen molar-refractivity contribution in [2.24, 2.45) is 0 Å². The van der Waals surface area contributed by atoms with E-state index in [9.17, 15) is 9.18 Å². The van der Waals surface area contributed by atoms with Crippen LogP contribution in [0.25, 0.3) is 0 Å². The molecular formula is C19H16ClFN4O. The van der Waals surface area contributed by atoms with E-state index in [1.165, 1.54) is 18.2 Å². The van der Waals surface area contributed by atoms with Crippen LogP contribution in [0.4, 0.5) is 21.6 Å². The molecule has 1 amide bonds. The van der Waals surface area contributed by atoms with Gasteiger partial charge in [0, 0.05) is 17.4 Å². The molecular weight excluding hydrogens is 355 g/mol. The summed E-state index contributed by atoms with van der Waals surface area (Å²) in [5.74, 6) is -0.0343. The number of hydrogen-bond donors (Lipinski definition) is 2. The second-order valence-corrected chi connectivity index (χ2v) is 6.17. The molecule has 3 rings (SSSR count). The molecule has 0 bridgehead atoms. The monoisotopic (exact) mass is 370 g/mol. The maximum Gasteiger partial charge on any atom is 0.274 e. The summed E-state index contributed by atoms with van der Waals surface area (Å²) in [5, 5.41) is 5.74. The highest BCUT2D eigenvalue weighted by atomic mass is 35.5. The Labute approximate surface area is 155 Å². The predicted octanol–water partition coefficient (Wildman–Crippen LogP) is 4.88. The lowest BCUT2D eigenvalue weighted by molar-refractivity contribution is 0.102. The van der Waals surface area contributed by atoms with E-state index >= 15 is 0 Å². The van der Waals surface area contributed by atoms with E-state index in [0.717, 1.165) is 11.3 Å². The molecule has 0 fully saturated rings. The van der Waals surface area contributed by atoms with Crippen molar-refractivity contribution in [3.05, 3.63) is 76.5 Å². The first-order valence-electron chi connectivity index (χ1n) is 7.86. The molecule has 0 atom stereocenters. The van der Waals surface area contributed by atoms with Gasteiger partial charge in [0.15, 0.2) is 0 Å². The van der Waals surface area contributed by atoms with Gasteiger partial charge in [-0.25, -0.2) is 14.4 Å². The van der Waals surface area contributed by atoms with Crippen molar-refractivity contribution in [2.45, 2.75) is 13.8 Å². The number of benzene rings is 2. The number of carbonyl (C=O) groups excluding carboxylic acids is 1. The second-order valence-electron chi connectivity index (χ2n) is 5.76. The minimum absolute atomic E-state index is 0.0662. The number of nitrogens with one attached hydrogen (secondary N) is 2. The lowest BCUT2D eigenvalue weighted by Crippen LogP contribution is -2.15. The van der Waals surface area contributed by atoms with Crippen molar-refractivity contribution in [3.63, 3.8) is 0 Å². The van der Waals surface area contributed by atoms with E-state index in [0.29, 0.717) is 17.3 Å². The minimum atomic E-state index is -0.549. The highest BCUT2D eigenvalue weighted by molar-refractivity contribution is 6.31. The SMILES string of the molecule is Cc1cccc(Nc2cc(C(=O)Nc3ccc(F)c(Cl)c3)nc(C)n2)c1. The number of hydrogen-bond acceptors (Lipinski definition) is 4. The zero-order valence-electron chi connectivity index (χ0n) is 14.2. The standard InChI is InChI=1S/C19H16ClFN4O/c1-11-4-3-5-13(8-11)24-18-10-17(22-12(2)23-18)19(26)25-14-6-7-16(21)15(20)9-14/h3-10H,1-2H3,(H,25,26)(H,22,23,24). The van der Waals surface area contributed by atoms with Gasteiger partial charge in [-0.1, -0.05) is 23.7 Å². The molecule has 1 aromatic heterocycles. The first kappa shape index (κ1) is 17.8. The molecule has 0 aliphatic carbocycles. The lowest BCUT2D eigenvalue weighted by atomic mass is 10.2. The molecule has 26 heavy (non-hydrogen) atoms. The quantitative estimate of drug-likeness (QED) is 0.686. The van der Waals surface area contributed by atoms with Crippen LogP contribution in [-0.2, 0) is 0 Å². The summed E-state index contributed by atoms with van der Waals surface area (Å²) < 4.78 is 13.2. The summed E-state index contributed by atoms with van der Waals surface area (Å²) in [6.07, 6.45) is 0. The summed E-state index contributed by atoms with van der Waals surface area (Å²) in [7, 11) is 0. The molecule has 0 unspecified atom stereocenters. The van der Waals surface area contributed by atoms with Crippen molar-refractivity contribution in [3.8, 4) is 0 Å². The van der Waals surface area contributed by atoms with Crippen LogP contribution in [0, 0.1) is 19.7 Å². The van der Waals surface area contributed by atoms with Crippen LogP contribution in [0.1, 0.15) is 21.9 Å². The van der Waals surface area contributed by atoms with E-state index < -0.39 is 11.7 Å². The molecule has 5 nitrogen and oxygen atoms in total. The van der Waals surface area contributed by atoms with Gasteiger partial charge in [0.05, 0.1) is 5.02 Å². The number of halogens is 2. The Morgan fingerprint density at radius 2 is 1.85 bits per heavy atom. The predicted molar refractivity (Wildman–Crippen MR) is 101 cm³/mol. The molecule has 0 saturated heterocycles. The third-order valence-corrected chi connectivity index (χ3v) is 3.83. The van der Waals surface area contributed by atoms with Crippen molar-refractivity contribution in [1.29, 1.82) is 0 Å². The molecule has 2 N–H and O–H groups in total. The first-order valence-corrected chi connectivity index (χ1v) is 8.24. The maximum absolute atomic E-state index is 13.2. The number of aromatic nitrogens is 2. The third-order valence-electron chi connectivity index (χ3n) is 3.54. The molecule has 0 radical (unpaired) electrons. The Morgan fingerprint density at radius 3 is 2.58 bits per heavy atom. The molecule has 0 aliphatic rings. The number of anilines is 3. The highest BCUT2D eigenvalue weighted by Gasteiger charge is 2.12. The lowest BCUT2D eigenvalue weighted by Gasteiger charge is -2.10. The number of rotatable bonds is 4. The van der Waals surface area contributed by atoms with Gasteiger partial charge in [0.2, 0.25) is 0 Å². The van der Waals surface area contributed by atoms with E-state index in [1.54, 1.807) is 13.0 Å². The van der Waals surface area contributed by atoms with Crippen LogP contribution in [-0.4, -0.2) is 15.9 Å². The number of carbonyl (C=O) groups is 1. The van der Waals surface area contributed by atoms with Crippen LogP contribution in [0.5, 0.6) is 0 Å². The van der Waals surface area contributed by atoms with Crippen LogP contribution >= 0.6 is 11.6 Å². The molecule has 7 heteroatoms. The van der Waals surface area contributed by atoms with Crippen molar-refractivity contribution in [1.82, 2.24) is 9.97 Å². The minimum Gasteiger partial charge on any atom is -0.340 e. The van der Waals surface area contributed by atoms with Gasteiger partial charge < -0.3 is 10.6 Å². The topological polar surface area (TPSA) is 66.9 Å². The summed E-state index contributed by atoms with van der Waals surface area (Å²) in [6, 6.07) is 13.3. The second kappa shape index (κ2) is 7.49. The molecule has 1 heterocycles. The molecule has 0 aliphatic heterocycles. The average Bonchev–Trinajstić information content (AvgIpc) is 2.57. The zero-order valence-corrected chi connectivity index (χ0v) is 14.9. The summed E-state index contributed by atoms with van der Waals surface area (Å²) >= 11 is 5.73. The highest BCUT2D eigenvalue weighted by Crippen LogP contribution is 2.21. The molecule has 132 valence electrons. The fraction of sp³-hybridized carbons (Fsp3) is 0.105. The van der Waals surface area contributed by atoms with Crippen LogP contribution in [0.2, 0.25) is 5.02 Å². The van der Waals surface area contributed by atoms with E-state index in [-0.39, 0.29) is 10.7 Å². The molecule has 0 spiro atoms. The van der Waals surface area contributed by atoms with E-state index in [1.807, 2.05) is 31.2 Å². The normalized spacial score (nSPS) is 10.5. The number of amides is 1. The zero-order chi connectivity index (χ0) is 18.7. The fourth-order valence-electron chi connectivity index (χ4n) is 2.39. The first-order chi connectivity index (χ1) is 12.4. The molecule has 0 saturated carbocycles. The summed E-state index contributed by atoms with van der Waals surface area (Å²) in [5.41, 5.74) is 2.53. The van der Waals surface area contributed by atoms with Gasteiger partial charge in [-0.05, 0) is 49.7 Å². The summed E-state index contributed by atoms with van der Waals surface area (Å²) in [4.78, 5) is 20.9.